The van der Waals surface area contributed by atoms with Gasteiger partial charge >= 0.3 is 71.1 Å². The van der Waals surface area contributed by atoms with Gasteiger partial charge in [-0.1, -0.05) is 90.9 Å². The normalized spacial score (nSPS) is 18.4. The SMILES string of the molecule is CCCCCCCCCCCCCCCC(=O)OCC(C)C1OC(=O)C(OP(=O)([O-])[O-])C1=O.[Na+].[Na+]. The molecule has 1 fully saturated rings. The Labute approximate surface area is 254 Å². The van der Waals surface area contributed by atoms with Crippen molar-refractivity contribution in [3.8, 4) is 0 Å². The predicted molar refractivity (Wildman–Crippen MR) is 118 cm³/mol. The van der Waals surface area contributed by atoms with Crippen LogP contribution in [0.15, 0.2) is 0 Å². The van der Waals surface area contributed by atoms with Gasteiger partial charge in [0, 0.05) is 12.3 Å². The molecule has 192 valence electrons. The van der Waals surface area contributed by atoms with Crippen molar-refractivity contribution in [2.24, 2.45) is 5.92 Å². The summed E-state index contributed by atoms with van der Waals surface area (Å²) in [4.78, 5) is 56.9. The van der Waals surface area contributed by atoms with Crippen LogP contribution in [0.4, 0.5) is 0 Å². The molecule has 1 rings (SSSR count). The molecule has 0 aliphatic carbocycles. The molecule has 3 unspecified atom stereocenters. The topological polar surface area (TPSA) is 142 Å². The smallest absolute Gasteiger partial charge is 0.790 e. The number of unbranched alkanes of at least 4 members (excludes halogenated alkanes) is 12. The van der Waals surface area contributed by atoms with Gasteiger partial charge < -0.3 is 28.3 Å². The Balaban J connectivity index is 0. The first-order chi connectivity index (χ1) is 15.7. The summed E-state index contributed by atoms with van der Waals surface area (Å²) in [6.45, 7) is 3.58. The quantitative estimate of drug-likeness (QED) is 0.0569. The molecular weight excluding hydrogens is 497 g/mol. The minimum absolute atomic E-state index is 0. The summed E-state index contributed by atoms with van der Waals surface area (Å²) in [6.07, 6.45) is 12.6. The number of phosphoric ester groups is 1. The van der Waals surface area contributed by atoms with E-state index in [1.165, 1.54) is 71.1 Å². The maximum Gasteiger partial charge on any atom is 1.00 e. The van der Waals surface area contributed by atoms with Crippen molar-refractivity contribution in [1.29, 1.82) is 0 Å². The summed E-state index contributed by atoms with van der Waals surface area (Å²) < 4.78 is 24.6. The second-order valence-corrected chi connectivity index (χ2v) is 9.95. The van der Waals surface area contributed by atoms with E-state index in [0.717, 1.165) is 19.3 Å². The second-order valence-electron chi connectivity index (χ2n) is 8.85. The third-order valence-corrected chi connectivity index (χ3v) is 6.21. The third-order valence-electron chi connectivity index (χ3n) is 5.74. The summed E-state index contributed by atoms with van der Waals surface area (Å²) in [5.41, 5.74) is 0. The van der Waals surface area contributed by atoms with Crippen LogP contribution in [0.25, 0.3) is 0 Å². The van der Waals surface area contributed by atoms with Crippen LogP contribution in [0, 0.1) is 5.92 Å². The minimum atomic E-state index is -5.52. The van der Waals surface area contributed by atoms with Gasteiger partial charge in [0.2, 0.25) is 11.9 Å². The first-order valence-electron chi connectivity index (χ1n) is 12.3. The van der Waals surface area contributed by atoms with Crippen LogP contribution in [0.2, 0.25) is 0 Å². The van der Waals surface area contributed by atoms with Crippen LogP contribution in [-0.2, 0) is 32.9 Å². The van der Waals surface area contributed by atoms with Crippen molar-refractivity contribution in [2.75, 3.05) is 6.61 Å². The zero-order chi connectivity index (χ0) is 24.7. The number of cyclic esters (lactones) is 1. The van der Waals surface area contributed by atoms with E-state index in [4.69, 9.17) is 9.47 Å². The molecule has 0 amide bonds. The van der Waals surface area contributed by atoms with Crippen LogP contribution in [0.1, 0.15) is 104 Å². The molecule has 9 nitrogen and oxygen atoms in total. The average molecular weight is 537 g/mol. The van der Waals surface area contributed by atoms with Gasteiger partial charge in [-0.3, -0.25) is 9.59 Å². The molecule has 1 saturated heterocycles. The molecule has 0 radical (unpaired) electrons. The Hall–Kier alpha value is 0.720. The first kappa shape index (κ1) is 37.9. The third kappa shape index (κ3) is 17.8. The summed E-state index contributed by atoms with van der Waals surface area (Å²) >= 11 is 0. The zero-order valence-corrected chi connectivity index (χ0v) is 26.9. The molecule has 1 aliphatic rings. The number of esters is 2. The van der Waals surface area contributed by atoms with Crippen LogP contribution in [0.5, 0.6) is 0 Å². The molecule has 1 aliphatic heterocycles. The molecule has 12 heteroatoms. The molecule has 0 aromatic heterocycles. The molecule has 0 bridgehead atoms. The van der Waals surface area contributed by atoms with Crippen molar-refractivity contribution >= 4 is 25.5 Å². The van der Waals surface area contributed by atoms with Gasteiger partial charge in [0.25, 0.3) is 0 Å². The number of carbonyl (C=O) groups excluding carboxylic acids is 3. The Kier molecular flexibility index (Phi) is 23.4. The molecule has 0 N–H and O–H groups in total. The fourth-order valence-corrected chi connectivity index (χ4v) is 4.25. The van der Waals surface area contributed by atoms with E-state index in [2.05, 4.69) is 11.4 Å². The van der Waals surface area contributed by atoms with E-state index in [9.17, 15) is 28.7 Å². The summed E-state index contributed by atoms with van der Waals surface area (Å²) in [5, 5.41) is 0. The van der Waals surface area contributed by atoms with E-state index < -0.39 is 43.7 Å². The van der Waals surface area contributed by atoms with Crippen LogP contribution in [0.3, 0.4) is 0 Å². The summed E-state index contributed by atoms with van der Waals surface area (Å²) in [7, 11) is -5.52. The Bertz CT molecular complexity index is 657. The predicted octanol–water partition coefficient (Wildman–Crippen LogP) is -2.64. The van der Waals surface area contributed by atoms with Gasteiger partial charge in [0.15, 0.2) is 6.10 Å². The van der Waals surface area contributed by atoms with E-state index in [0.29, 0.717) is 0 Å². The number of carbonyl (C=O) groups is 3. The fourth-order valence-electron chi connectivity index (χ4n) is 3.80. The minimum Gasteiger partial charge on any atom is -0.790 e. The van der Waals surface area contributed by atoms with Crippen LogP contribution in [-0.4, -0.2) is 36.5 Å². The van der Waals surface area contributed by atoms with E-state index >= 15 is 0 Å². The van der Waals surface area contributed by atoms with Crippen molar-refractivity contribution in [1.82, 2.24) is 0 Å². The maximum absolute atomic E-state index is 12.1. The van der Waals surface area contributed by atoms with Crippen molar-refractivity contribution in [3.05, 3.63) is 0 Å². The average Bonchev–Trinajstić information content (AvgIpc) is 3.02. The zero-order valence-electron chi connectivity index (χ0n) is 22.0. The summed E-state index contributed by atoms with van der Waals surface area (Å²) in [6, 6.07) is 0. The molecular formula is C23H39Na2O9P. The van der Waals surface area contributed by atoms with Crippen LogP contribution >= 0.6 is 7.82 Å². The monoisotopic (exact) mass is 536 g/mol. The number of Topliss-reactive ketones (excluding diaryl/α,β-unsaturated/α-hetero) is 1. The number of rotatable bonds is 19. The Morgan fingerprint density at radius 1 is 0.914 bits per heavy atom. The van der Waals surface area contributed by atoms with Gasteiger partial charge in [-0.25, -0.2) is 4.79 Å². The fraction of sp³-hybridized carbons (Fsp3) is 0.870. The number of phosphoric acid groups is 1. The van der Waals surface area contributed by atoms with Crippen LogP contribution < -0.4 is 68.9 Å². The molecule has 1 heterocycles. The summed E-state index contributed by atoms with van der Waals surface area (Å²) in [5.74, 6) is -3.30. The molecule has 3 atom stereocenters. The van der Waals surface area contributed by atoms with Crippen molar-refractivity contribution in [2.45, 2.75) is 116 Å². The van der Waals surface area contributed by atoms with E-state index in [1.807, 2.05) is 0 Å². The molecule has 0 aromatic rings. The van der Waals surface area contributed by atoms with Gasteiger partial charge in [-0.2, -0.15) is 0 Å². The van der Waals surface area contributed by atoms with Gasteiger partial charge in [0.05, 0.1) is 14.4 Å². The number of hydrogen-bond acceptors (Lipinski definition) is 9. The number of hydrogen-bond donors (Lipinski definition) is 0. The van der Waals surface area contributed by atoms with Crippen molar-refractivity contribution < 1.29 is 102 Å². The number of ether oxygens (including phenoxy) is 2. The first-order valence-corrected chi connectivity index (χ1v) is 13.7. The van der Waals surface area contributed by atoms with Gasteiger partial charge in [-0.15, -0.1) is 0 Å². The molecule has 0 saturated carbocycles. The maximum atomic E-state index is 12.1. The Morgan fingerprint density at radius 3 is 1.83 bits per heavy atom. The largest absolute Gasteiger partial charge is 1.00 e. The van der Waals surface area contributed by atoms with E-state index in [1.54, 1.807) is 0 Å². The standard InChI is InChI=1S/C23H41O9P.2Na/c1-3-4-5-6-7-8-9-10-11-12-13-14-15-16-19(24)30-17-18(2)21-20(25)22(23(26)31-21)32-33(27,28)29;;/h18,21-22H,3-17H2,1-2H3,(H2,27,28,29);;/q;2*+1/p-2. The van der Waals surface area contributed by atoms with E-state index in [-0.39, 0.29) is 72.1 Å². The van der Waals surface area contributed by atoms with Gasteiger partial charge in [0.1, 0.15) is 0 Å². The second kappa shape index (κ2) is 21.6. The molecule has 35 heavy (non-hydrogen) atoms. The number of ketones is 1. The van der Waals surface area contributed by atoms with Gasteiger partial charge in [-0.05, 0) is 6.42 Å². The van der Waals surface area contributed by atoms with Crippen molar-refractivity contribution in [3.63, 3.8) is 0 Å². The molecule has 0 spiro atoms. The Morgan fingerprint density at radius 2 is 1.37 bits per heavy atom. The molecule has 0 aromatic carbocycles.